The van der Waals surface area contributed by atoms with Crippen LogP contribution in [-0.4, -0.2) is 17.5 Å². The van der Waals surface area contributed by atoms with E-state index in [0.717, 1.165) is 11.3 Å². The van der Waals surface area contributed by atoms with Crippen molar-refractivity contribution >= 4 is 6.09 Å². The summed E-state index contributed by atoms with van der Waals surface area (Å²) in [5, 5.41) is 9.97. The SMILES string of the molecule is O=C([O-])N1C=CCC1.[Cs+]. The van der Waals surface area contributed by atoms with Crippen LogP contribution in [0.5, 0.6) is 0 Å². The zero-order chi connectivity index (χ0) is 5.98. The molecule has 0 aromatic rings. The molecule has 0 fully saturated rings. The average Bonchev–Trinajstić information content (AvgIpc) is 2.12. The molecule has 1 amide bonds. The molecule has 0 atom stereocenters. The Morgan fingerprint density at radius 2 is 2.33 bits per heavy atom. The van der Waals surface area contributed by atoms with Gasteiger partial charge in [-0.15, -0.1) is 0 Å². The molecule has 0 aromatic heterocycles. The van der Waals surface area contributed by atoms with Gasteiger partial charge in [0, 0.05) is 12.7 Å². The predicted molar refractivity (Wildman–Crippen MR) is 25.9 cm³/mol. The molecule has 0 aromatic carbocycles. The van der Waals surface area contributed by atoms with Crippen molar-refractivity contribution in [1.29, 1.82) is 0 Å². The van der Waals surface area contributed by atoms with Gasteiger partial charge in [-0.1, -0.05) is 6.08 Å². The first-order valence-corrected chi connectivity index (χ1v) is 2.45. The van der Waals surface area contributed by atoms with Gasteiger partial charge in [0.2, 0.25) is 0 Å². The van der Waals surface area contributed by atoms with Crippen molar-refractivity contribution < 1.29 is 78.8 Å². The maximum atomic E-state index is 9.97. The second-order valence-electron chi connectivity index (χ2n) is 1.63. The van der Waals surface area contributed by atoms with E-state index >= 15 is 0 Å². The maximum Gasteiger partial charge on any atom is 1.00 e. The van der Waals surface area contributed by atoms with E-state index in [9.17, 15) is 9.90 Å². The predicted octanol–water partition coefficient (Wildman–Crippen LogP) is -3.45. The summed E-state index contributed by atoms with van der Waals surface area (Å²) in [5.41, 5.74) is 0. The Bertz CT molecular complexity index is 135. The summed E-state index contributed by atoms with van der Waals surface area (Å²) in [7, 11) is 0. The topological polar surface area (TPSA) is 43.4 Å². The number of carboxylic acid groups (broad SMARTS) is 1. The summed E-state index contributed by atoms with van der Waals surface area (Å²) in [6, 6.07) is 0. The second-order valence-corrected chi connectivity index (χ2v) is 1.63. The molecule has 4 heteroatoms. The number of hydrogen-bond acceptors (Lipinski definition) is 2. The fourth-order valence-electron chi connectivity index (χ4n) is 0.642. The molecular weight excluding hydrogens is 239 g/mol. The molecule has 44 valence electrons. The first-order valence-electron chi connectivity index (χ1n) is 2.45. The molecular formula is C5H6CsNO2. The summed E-state index contributed by atoms with van der Waals surface area (Å²) in [6.07, 6.45) is 3.03. The molecule has 0 unspecified atom stereocenters. The number of carbonyl (C=O) groups is 1. The largest absolute Gasteiger partial charge is 1.00 e. The monoisotopic (exact) mass is 245 g/mol. The number of hydrogen-bond donors (Lipinski definition) is 0. The molecule has 9 heavy (non-hydrogen) atoms. The third kappa shape index (κ3) is 3.11. The fraction of sp³-hybridized carbons (Fsp3) is 0.400. The van der Waals surface area contributed by atoms with Gasteiger partial charge >= 0.3 is 68.9 Å². The second kappa shape index (κ2) is 4.81. The normalized spacial score (nSPS) is 15.3. The van der Waals surface area contributed by atoms with Crippen molar-refractivity contribution in [1.82, 2.24) is 4.90 Å². The Labute approximate surface area is 113 Å². The van der Waals surface area contributed by atoms with Gasteiger partial charge in [0.05, 0.1) is 0 Å². The molecule has 0 spiro atoms. The first-order chi connectivity index (χ1) is 3.80. The Kier molecular flexibility index (Phi) is 5.38. The summed E-state index contributed by atoms with van der Waals surface area (Å²) in [5.74, 6) is 0. The number of rotatable bonds is 0. The average molecular weight is 245 g/mol. The molecule has 0 aliphatic carbocycles. The third-order valence-electron chi connectivity index (χ3n) is 1.06. The molecule has 1 heterocycles. The molecule has 0 saturated carbocycles. The van der Waals surface area contributed by atoms with Gasteiger partial charge in [-0.2, -0.15) is 0 Å². The summed E-state index contributed by atoms with van der Waals surface area (Å²) < 4.78 is 0. The number of carbonyl (C=O) groups excluding carboxylic acids is 1. The summed E-state index contributed by atoms with van der Waals surface area (Å²) >= 11 is 0. The third-order valence-corrected chi connectivity index (χ3v) is 1.06. The smallest absolute Gasteiger partial charge is 0.530 e. The van der Waals surface area contributed by atoms with Crippen LogP contribution in [-0.2, 0) is 0 Å². The van der Waals surface area contributed by atoms with Crippen molar-refractivity contribution in [2.24, 2.45) is 0 Å². The number of amides is 1. The van der Waals surface area contributed by atoms with E-state index in [0.29, 0.717) is 6.54 Å². The van der Waals surface area contributed by atoms with Crippen molar-refractivity contribution in [3.63, 3.8) is 0 Å². The minimum atomic E-state index is -1.11. The van der Waals surface area contributed by atoms with Crippen LogP contribution in [0.3, 0.4) is 0 Å². The van der Waals surface area contributed by atoms with Gasteiger partial charge < -0.3 is 14.8 Å². The fourth-order valence-corrected chi connectivity index (χ4v) is 0.642. The van der Waals surface area contributed by atoms with Crippen LogP contribution in [0.25, 0.3) is 0 Å². The molecule has 1 aliphatic rings. The van der Waals surface area contributed by atoms with E-state index in [1.807, 2.05) is 0 Å². The van der Waals surface area contributed by atoms with E-state index in [4.69, 9.17) is 0 Å². The zero-order valence-corrected chi connectivity index (χ0v) is 11.6. The molecule has 3 nitrogen and oxygen atoms in total. The Balaban J connectivity index is 0.000000640. The Morgan fingerprint density at radius 1 is 1.67 bits per heavy atom. The number of nitrogens with zero attached hydrogens (tertiary/aromatic N) is 1. The molecule has 0 saturated heterocycles. The van der Waals surface area contributed by atoms with E-state index < -0.39 is 6.09 Å². The van der Waals surface area contributed by atoms with Crippen molar-refractivity contribution in [3.8, 4) is 0 Å². The molecule has 0 N–H and O–H groups in total. The van der Waals surface area contributed by atoms with Crippen LogP contribution in [0.2, 0.25) is 0 Å². The van der Waals surface area contributed by atoms with E-state index in [-0.39, 0.29) is 68.9 Å². The first kappa shape index (κ1) is 10.1. The van der Waals surface area contributed by atoms with Gasteiger partial charge in [-0.05, 0) is 6.42 Å². The molecule has 0 bridgehead atoms. The van der Waals surface area contributed by atoms with Gasteiger partial charge in [-0.25, -0.2) is 0 Å². The van der Waals surface area contributed by atoms with Crippen molar-refractivity contribution in [3.05, 3.63) is 12.3 Å². The van der Waals surface area contributed by atoms with Gasteiger partial charge in [-0.3, -0.25) is 0 Å². The van der Waals surface area contributed by atoms with Crippen molar-refractivity contribution in [2.75, 3.05) is 6.54 Å². The van der Waals surface area contributed by atoms with Crippen LogP contribution in [0.1, 0.15) is 6.42 Å². The minimum Gasteiger partial charge on any atom is -0.530 e. The Morgan fingerprint density at radius 3 is 2.56 bits per heavy atom. The van der Waals surface area contributed by atoms with E-state index in [1.54, 1.807) is 6.08 Å². The van der Waals surface area contributed by atoms with Crippen LogP contribution in [0.15, 0.2) is 12.3 Å². The zero-order valence-electron chi connectivity index (χ0n) is 5.33. The van der Waals surface area contributed by atoms with Gasteiger partial charge in [0.15, 0.2) is 0 Å². The summed E-state index contributed by atoms with van der Waals surface area (Å²) in [4.78, 5) is 11.1. The maximum absolute atomic E-state index is 9.97. The Hall–Kier alpha value is 1.06. The van der Waals surface area contributed by atoms with Crippen LogP contribution >= 0.6 is 0 Å². The van der Waals surface area contributed by atoms with E-state index in [1.165, 1.54) is 6.20 Å². The van der Waals surface area contributed by atoms with E-state index in [2.05, 4.69) is 0 Å². The van der Waals surface area contributed by atoms with Crippen LogP contribution in [0, 0.1) is 0 Å². The molecule has 0 radical (unpaired) electrons. The standard InChI is InChI=1S/C5H7NO2.Cs/c7-5(8)6-3-1-2-4-6;/h1,3H,2,4H2,(H,7,8);/q;+1/p-1. The van der Waals surface area contributed by atoms with Gasteiger partial charge in [0.25, 0.3) is 0 Å². The quantitative estimate of drug-likeness (QED) is 0.445. The molecule has 1 rings (SSSR count). The van der Waals surface area contributed by atoms with Crippen LogP contribution in [0.4, 0.5) is 4.79 Å². The summed E-state index contributed by atoms with van der Waals surface area (Å²) in [6.45, 7) is 0.558. The minimum absolute atomic E-state index is 0. The van der Waals surface area contributed by atoms with Crippen molar-refractivity contribution in [2.45, 2.75) is 6.42 Å². The van der Waals surface area contributed by atoms with Crippen LogP contribution < -0.4 is 74.0 Å². The van der Waals surface area contributed by atoms with Gasteiger partial charge in [0.1, 0.15) is 6.09 Å². The molecule has 1 aliphatic heterocycles.